The Bertz CT molecular complexity index is 1050. The normalized spacial score (nSPS) is 13.7. The number of nitrogen functional groups attached to an aromatic ring is 1. The van der Waals surface area contributed by atoms with Gasteiger partial charge in [-0.2, -0.15) is 5.26 Å². The van der Waals surface area contributed by atoms with Gasteiger partial charge in [0.2, 0.25) is 0 Å². The maximum Gasteiger partial charge on any atom is 0.263 e. The van der Waals surface area contributed by atoms with Crippen LogP contribution in [0.4, 0.5) is 11.5 Å². The zero-order chi connectivity index (χ0) is 18.8. The lowest BCUT2D eigenvalue weighted by atomic mass is 10.2. The molecular formula is C17H15N7O3. The fraction of sp³-hybridized carbons (Fsp3) is 0.235. The number of pyridine rings is 1. The maximum absolute atomic E-state index is 12.8. The Morgan fingerprint density at radius 1 is 1.48 bits per heavy atom. The van der Waals surface area contributed by atoms with E-state index in [1.807, 2.05) is 6.07 Å². The second-order valence-corrected chi connectivity index (χ2v) is 5.93. The average Bonchev–Trinajstić information content (AvgIpc) is 2.94. The predicted molar refractivity (Wildman–Crippen MR) is 94.1 cm³/mol. The van der Waals surface area contributed by atoms with Gasteiger partial charge in [0.25, 0.3) is 5.91 Å². The standard InChI is InChI=1S/C17H15N7O3/c18-3-1-10-5-21-16-14(15(19)23-24(16)7-10)17(25)22-12-6-20-4-2-13(12)27-11-8-26-9-11/h2,4-7,11H,1,8-9H2,(H2,19,23)(H,22,25). The lowest BCUT2D eigenvalue weighted by Crippen LogP contribution is -2.38. The van der Waals surface area contributed by atoms with Gasteiger partial charge >= 0.3 is 0 Å². The molecule has 1 aliphatic rings. The lowest BCUT2D eigenvalue weighted by molar-refractivity contribution is -0.0794. The van der Waals surface area contributed by atoms with E-state index in [9.17, 15) is 4.79 Å². The highest BCUT2D eigenvalue weighted by Gasteiger charge is 2.24. The minimum Gasteiger partial charge on any atom is -0.483 e. The first kappa shape index (κ1) is 16.7. The SMILES string of the molecule is N#CCc1cnc2c(C(=O)Nc3cnccc3OC3COC3)c(N)nn2c1. The van der Waals surface area contributed by atoms with Crippen LogP contribution in [0.1, 0.15) is 15.9 Å². The van der Waals surface area contributed by atoms with Crippen molar-refractivity contribution >= 4 is 23.1 Å². The first-order valence-corrected chi connectivity index (χ1v) is 8.15. The Kier molecular flexibility index (Phi) is 4.27. The zero-order valence-electron chi connectivity index (χ0n) is 14.1. The van der Waals surface area contributed by atoms with Crippen LogP contribution in [0.2, 0.25) is 0 Å². The van der Waals surface area contributed by atoms with E-state index in [1.54, 1.807) is 18.5 Å². The molecule has 10 heteroatoms. The monoisotopic (exact) mass is 365 g/mol. The summed E-state index contributed by atoms with van der Waals surface area (Å²) < 4.78 is 12.3. The summed E-state index contributed by atoms with van der Waals surface area (Å²) in [6, 6.07) is 3.70. The van der Waals surface area contributed by atoms with Crippen molar-refractivity contribution < 1.29 is 14.3 Å². The highest BCUT2D eigenvalue weighted by Crippen LogP contribution is 2.27. The van der Waals surface area contributed by atoms with E-state index in [-0.39, 0.29) is 23.9 Å². The number of nitriles is 1. The summed E-state index contributed by atoms with van der Waals surface area (Å²) in [7, 11) is 0. The van der Waals surface area contributed by atoms with Crippen molar-refractivity contribution in [2.45, 2.75) is 12.5 Å². The molecule has 10 nitrogen and oxygen atoms in total. The smallest absolute Gasteiger partial charge is 0.263 e. The van der Waals surface area contributed by atoms with Crippen molar-refractivity contribution in [1.29, 1.82) is 5.26 Å². The Hall–Kier alpha value is -3.71. The average molecular weight is 365 g/mol. The summed E-state index contributed by atoms with van der Waals surface area (Å²) >= 11 is 0. The predicted octanol–water partition coefficient (Wildman–Crippen LogP) is 0.802. The molecule has 0 unspecified atom stereocenters. The molecule has 0 aromatic carbocycles. The molecule has 136 valence electrons. The molecule has 4 heterocycles. The summed E-state index contributed by atoms with van der Waals surface area (Å²) in [5, 5.41) is 15.6. The second-order valence-electron chi connectivity index (χ2n) is 5.93. The van der Waals surface area contributed by atoms with Crippen LogP contribution in [-0.4, -0.2) is 44.8 Å². The van der Waals surface area contributed by atoms with E-state index >= 15 is 0 Å². The second kappa shape index (κ2) is 6.89. The van der Waals surface area contributed by atoms with Crippen molar-refractivity contribution in [2.75, 3.05) is 24.3 Å². The molecule has 0 spiro atoms. The van der Waals surface area contributed by atoms with Crippen LogP contribution < -0.4 is 15.8 Å². The van der Waals surface area contributed by atoms with Gasteiger partial charge in [0.1, 0.15) is 23.1 Å². The molecule has 1 saturated heterocycles. The van der Waals surface area contributed by atoms with Gasteiger partial charge in [-0.15, -0.1) is 5.10 Å². The lowest BCUT2D eigenvalue weighted by Gasteiger charge is -2.27. The quantitative estimate of drug-likeness (QED) is 0.676. The molecule has 1 aliphatic heterocycles. The minimum atomic E-state index is -0.481. The summed E-state index contributed by atoms with van der Waals surface area (Å²) in [4.78, 5) is 21.0. The molecule has 0 aliphatic carbocycles. The number of carbonyl (C=O) groups excluding carboxylic acids is 1. The van der Waals surface area contributed by atoms with Gasteiger partial charge in [-0.3, -0.25) is 9.78 Å². The third kappa shape index (κ3) is 3.23. The van der Waals surface area contributed by atoms with Crippen LogP contribution in [0.5, 0.6) is 5.75 Å². The number of amides is 1. The van der Waals surface area contributed by atoms with Crippen molar-refractivity contribution in [2.24, 2.45) is 0 Å². The van der Waals surface area contributed by atoms with Crippen molar-refractivity contribution in [3.8, 4) is 11.8 Å². The van der Waals surface area contributed by atoms with Crippen LogP contribution in [0.25, 0.3) is 5.65 Å². The summed E-state index contributed by atoms with van der Waals surface area (Å²) in [5.74, 6) is 0.0459. The summed E-state index contributed by atoms with van der Waals surface area (Å²) in [5.41, 5.74) is 7.44. The Balaban J connectivity index is 1.62. The topological polar surface area (TPSA) is 140 Å². The van der Waals surface area contributed by atoms with Gasteiger partial charge in [0.15, 0.2) is 11.5 Å². The third-order valence-corrected chi connectivity index (χ3v) is 3.99. The van der Waals surface area contributed by atoms with Gasteiger partial charge in [0.05, 0.1) is 31.9 Å². The molecule has 1 amide bonds. The van der Waals surface area contributed by atoms with Gasteiger partial charge in [0, 0.05) is 30.2 Å². The van der Waals surface area contributed by atoms with Gasteiger partial charge in [-0.05, 0) is 0 Å². The van der Waals surface area contributed by atoms with Crippen LogP contribution >= 0.6 is 0 Å². The number of rotatable bonds is 5. The fourth-order valence-electron chi connectivity index (χ4n) is 2.62. The minimum absolute atomic E-state index is 0.0351. The number of hydrogen-bond acceptors (Lipinski definition) is 8. The largest absolute Gasteiger partial charge is 0.483 e. The van der Waals surface area contributed by atoms with Gasteiger partial charge in [-0.25, -0.2) is 9.50 Å². The number of carbonyl (C=O) groups is 1. The van der Waals surface area contributed by atoms with E-state index in [4.69, 9.17) is 20.5 Å². The molecule has 0 radical (unpaired) electrons. The van der Waals surface area contributed by atoms with Crippen molar-refractivity contribution in [1.82, 2.24) is 19.6 Å². The molecule has 0 bridgehead atoms. The molecule has 27 heavy (non-hydrogen) atoms. The zero-order valence-corrected chi connectivity index (χ0v) is 14.1. The van der Waals surface area contributed by atoms with Gasteiger partial charge in [-0.1, -0.05) is 0 Å². The number of fused-ring (bicyclic) bond motifs is 1. The van der Waals surface area contributed by atoms with Crippen molar-refractivity contribution in [3.05, 3.63) is 42.0 Å². The first-order chi connectivity index (χ1) is 13.2. The number of nitrogens with zero attached hydrogens (tertiary/aromatic N) is 5. The van der Waals surface area contributed by atoms with Crippen molar-refractivity contribution in [3.63, 3.8) is 0 Å². The molecule has 0 atom stereocenters. The number of ether oxygens (including phenoxy) is 2. The molecule has 1 fully saturated rings. The Morgan fingerprint density at radius 2 is 2.33 bits per heavy atom. The summed E-state index contributed by atoms with van der Waals surface area (Å²) in [6.07, 6.45) is 6.34. The molecular weight excluding hydrogens is 350 g/mol. The first-order valence-electron chi connectivity index (χ1n) is 8.15. The highest BCUT2D eigenvalue weighted by molar-refractivity contribution is 6.11. The fourth-order valence-corrected chi connectivity index (χ4v) is 2.62. The van der Waals surface area contributed by atoms with Crippen LogP contribution in [0, 0.1) is 11.3 Å². The van der Waals surface area contributed by atoms with E-state index in [0.29, 0.717) is 35.9 Å². The van der Waals surface area contributed by atoms with E-state index < -0.39 is 5.91 Å². The van der Waals surface area contributed by atoms with E-state index in [0.717, 1.165) is 0 Å². The molecule has 0 saturated carbocycles. The maximum atomic E-state index is 12.8. The van der Waals surface area contributed by atoms with E-state index in [1.165, 1.54) is 16.9 Å². The van der Waals surface area contributed by atoms with Crippen LogP contribution in [0.3, 0.4) is 0 Å². The molecule has 3 aromatic heterocycles. The number of nitrogens with one attached hydrogen (secondary N) is 1. The van der Waals surface area contributed by atoms with Crippen LogP contribution in [0.15, 0.2) is 30.9 Å². The van der Waals surface area contributed by atoms with Crippen LogP contribution in [-0.2, 0) is 11.2 Å². The Morgan fingerprint density at radius 3 is 3.07 bits per heavy atom. The van der Waals surface area contributed by atoms with Gasteiger partial charge < -0.3 is 20.5 Å². The number of nitrogens with two attached hydrogens (primary N) is 1. The number of anilines is 2. The molecule has 3 aromatic rings. The number of aromatic nitrogens is 4. The van der Waals surface area contributed by atoms with E-state index in [2.05, 4.69) is 20.4 Å². The Labute approximate surface area is 153 Å². The molecule has 4 rings (SSSR count). The highest BCUT2D eigenvalue weighted by atomic mass is 16.6. The molecule has 3 N–H and O–H groups in total. The third-order valence-electron chi connectivity index (χ3n) is 3.99. The summed E-state index contributed by atoms with van der Waals surface area (Å²) in [6.45, 7) is 1.01. The number of hydrogen-bond donors (Lipinski definition) is 2.